The molecule has 0 saturated carbocycles. The summed E-state index contributed by atoms with van der Waals surface area (Å²) >= 11 is 1.23. The van der Waals surface area contributed by atoms with Crippen molar-refractivity contribution in [2.75, 3.05) is 39.8 Å². The molecule has 0 spiro atoms. The van der Waals surface area contributed by atoms with E-state index < -0.39 is 12.0 Å². The number of methoxy groups -OCH3 is 2. The van der Waals surface area contributed by atoms with Gasteiger partial charge in [-0.3, -0.25) is 9.36 Å². The first kappa shape index (κ1) is 24.3. The van der Waals surface area contributed by atoms with Crippen molar-refractivity contribution in [1.82, 2.24) is 4.57 Å². The zero-order chi connectivity index (χ0) is 25.3. The minimum atomic E-state index is -0.790. The van der Waals surface area contributed by atoms with Crippen molar-refractivity contribution < 1.29 is 23.4 Å². The molecule has 0 amide bonds. The summed E-state index contributed by atoms with van der Waals surface area (Å²) in [5, 5.41) is 0. The Bertz CT molecular complexity index is 1480. The fourth-order valence-electron chi connectivity index (χ4n) is 3.92. The number of esters is 1. The van der Waals surface area contributed by atoms with Gasteiger partial charge in [-0.15, -0.1) is 0 Å². The summed E-state index contributed by atoms with van der Waals surface area (Å²) in [5.74, 6) is 1.74. The molecule has 0 unspecified atom stereocenters. The average Bonchev–Trinajstić information content (AvgIpc) is 3.42. The van der Waals surface area contributed by atoms with E-state index in [2.05, 4.69) is 4.99 Å². The molecular formula is C25H27N3O6S. The van der Waals surface area contributed by atoms with Gasteiger partial charge in [0, 0.05) is 37.9 Å². The van der Waals surface area contributed by atoms with Gasteiger partial charge in [-0.05, 0) is 32.0 Å². The van der Waals surface area contributed by atoms with Crippen LogP contribution in [0, 0.1) is 0 Å². The second-order valence-electron chi connectivity index (χ2n) is 7.98. The summed E-state index contributed by atoms with van der Waals surface area (Å²) in [5.41, 5.74) is 1.08. The third-order valence-electron chi connectivity index (χ3n) is 5.58. The van der Waals surface area contributed by atoms with E-state index in [0.29, 0.717) is 43.7 Å². The highest BCUT2D eigenvalue weighted by Gasteiger charge is 2.35. The molecule has 0 bridgehead atoms. The van der Waals surface area contributed by atoms with Crippen molar-refractivity contribution in [1.29, 1.82) is 0 Å². The molecule has 2 aromatic heterocycles. The van der Waals surface area contributed by atoms with E-state index in [-0.39, 0.29) is 17.7 Å². The van der Waals surface area contributed by atoms with E-state index in [1.807, 2.05) is 25.1 Å². The standard InChI is InChI=1S/C25H27N3O6S/c1-7-33-24(30)21-14(2)26-25-28(22(21)17-10-8-15(31-5)12-18(17)32-6)23(29)19(35-25)13-16-9-11-20(34-16)27(3)4/h8-13,22H,7H2,1-6H3/b19-13+/t22-/m1/s1. The van der Waals surface area contributed by atoms with Crippen LogP contribution in [0.5, 0.6) is 11.5 Å². The first-order valence-electron chi connectivity index (χ1n) is 11.0. The molecule has 9 nitrogen and oxygen atoms in total. The number of nitrogens with zero attached hydrogens (tertiary/aromatic N) is 3. The number of furan rings is 1. The zero-order valence-electron chi connectivity index (χ0n) is 20.4. The molecule has 1 aliphatic rings. The third-order valence-corrected chi connectivity index (χ3v) is 6.56. The fraction of sp³-hybridized carbons (Fsp3) is 0.320. The lowest BCUT2D eigenvalue weighted by molar-refractivity contribution is -0.139. The number of aromatic nitrogens is 1. The Morgan fingerprint density at radius 3 is 2.63 bits per heavy atom. The number of benzene rings is 1. The Morgan fingerprint density at radius 1 is 1.23 bits per heavy atom. The number of rotatable bonds is 7. The van der Waals surface area contributed by atoms with Gasteiger partial charge in [-0.1, -0.05) is 11.3 Å². The summed E-state index contributed by atoms with van der Waals surface area (Å²) in [7, 11) is 6.83. The van der Waals surface area contributed by atoms with Gasteiger partial charge in [-0.25, -0.2) is 9.79 Å². The molecule has 1 aliphatic heterocycles. The van der Waals surface area contributed by atoms with Crippen LogP contribution in [-0.2, 0) is 9.53 Å². The predicted octanol–water partition coefficient (Wildman–Crippen LogP) is 2.47. The van der Waals surface area contributed by atoms with Crippen molar-refractivity contribution in [3.63, 3.8) is 0 Å². The third kappa shape index (κ3) is 4.49. The van der Waals surface area contributed by atoms with Crippen LogP contribution in [0.25, 0.3) is 6.08 Å². The number of carbonyl (C=O) groups is 1. The molecular weight excluding hydrogens is 470 g/mol. The van der Waals surface area contributed by atoms with Crippen LogP contribution in [0.4, 0.5) is 5.88 Å². The number of anilines is 1. The van der Waals surface area contributed by atoms with E-state index in [1.165, 1.54) is 23.0 Å². The first-order valence-corrected chi connectivity index (χ1v) is 11.8. The highest BCUT2D eigenvalue weighted by molar-refractivity contribution is 7.07. The maximum absolute atomic E-state index is 13.7. The average molecular weight is 498 g/mol. The SMILES string of the molecule is CCOC(=O)C1=C(C)N=c2s/c(=C/c3ccc(N(C)C)o3)c(=O)n2[C@@H]1c1ccc(OC)cc1OC. The van der Waals surface area contributed by atoms with Gasteiger partial charge in [0.25, 0.3) is 5.56 Å². The smallest absolute Gasteiger partial charge is 0.338 e. The zero-order valence-corrected chi connectivity index (χ0v) is 21.3. The van der Waals surface area contributed by atoms with Gasteiger partial charge in [0.05, 0.1) is 36.6 Å². The molecule has 3 heterocycles. The Labute approximate surface area is 206 Å². The van der Waals surface area contributed by atoms with Crippen LogP contribution in [0.15, 0.2) is 55.8 Å². The lowest BCUT2D eigenvalue weighted by Crippen LogP contribution is -2.40. The molecule has 1 atom stereocenters. The number of fused-ring (bicyclic) bond motifs is 1. The summed E-state index contributed by atoms with van der Waals surface area (Å²) in [6, 6.07) is 8.10. The van der Waals surface area contributed by atoms with Crippen LogP contribution in [0.3, 0.4) is 0 Å². The number of carbonyl (C=O) groups excluding carboxylic acids is 1. The van der Waals surface area contributed by atoms with Crippen LogP contribution in [0.1, 0.15) is 31.2 Å². The molecule has 0 aliphatic carbocycles. The number of thiazole rings is 1. The minimum absolute atomic E-state index is 0.194. The van der Waals surface area contributed by atoms with Crippen molar-refractivity contribution in [3.05, 3.63) is 72.6 Å². The van der Waals surface area contributed by atoms with Gasteiger partial charge in [0.1, 0.15) is 23.3 Å². The van der Waals surface area contributed by atoms with Crippen molar-refractivity contribution >= 4 is 29.3 Å². The van der Waals surface area contributed by atoms with E-state index in [9.17, 15) is 9.59 Å². The number of ether oxygens (including phenoxy) is 3. The van der Waals surface area contributed by atoms with E-state index >= 15 is 0 Å². The van der Waals surface area contributed by atoms with E-state index in [0.717, 1.165) is 0 Å². The molecule has 0 saturated heterocycles. The normalized spacial score (nSPS) is 15.5. The van der Waals surface area contributed by atoms with Gasteiger partial charge in [-0.2, -0.15) is 0 Å². The minimum Gasteiger partial charge on any atom is -0.497 e. The van der Waals surface area contributed by atoms with Gasteiger partial charge in [0.2, 0.25) is 0 Å². The van der Waals surface area contributed by atoms with Crippen LogP contribution in [-0.4, -0.2) is 45.5 Å². The van der Waals surface area contributed by atoms with Gasteiger partial charge >= 0.3 is 5.97 Å². The summed E-state index contributed by atoms with van der Waals surface area (Å²) in [6.07, 6.45) is 1.68. The lowest BCUT2D eigenvalue weighted by atomic mass is 9.95. The van der Waals surface area contributed by atoms with Gasteiger partial charge < -0.3 is 23.5 Å². The number of hydrogen-bond acceptors (Lipinski definition) is 9. The number of allylic oxidation sites excluding steroid dienone is 1. The molecule has 35 heavy (non-hydrogen) atoms. The predicted molar refractivity (Wildman–Crippen MR) is 133 cm³/mol. The van der Waals surface area contributed by atoms with Gasteiger partial charge in [0.15, 0.2) is 10.7 Å². The van der Waals surface area contributed by atoms with Crippen LogP contribution < -0.4 is 29.3 Å². The van der Waals surface area contributed by atoms with Crippen LogP contribution in [0.2, 0.25) is 0 Å². The first-order chi connectivity index (χ1) is 16.8. The Hall–Kier alpha value is -3.79. The molecule has 184 valence electrons. The summed E-state index contributed by atoms with van der Waals surface area (Å²) in [6.45, 7) is 3.67. The molecule has 1 aromatic carbocycles. The second-order valence-corrected chi connectivity index (χ2v) is 8.99. The molecule has 0 N–H and O–H groups in total. The topological polar surface area (TPSA) is 95.5 Å². The Balaban J connectivity index is 1.96. The highest BCUT2D eigenvalue weighted by Crippen LogP contribution is 2.37. The quantitative estimate of drug-likeness (QED) is 0.463. The Morgan fingerprint density at radius 2 is 2.00 bits per heavy atom. The monoisotopic (exact) mass is 497 g/mol. The fourth-order valence-corrected chi connectivity index (χ4v) is 4.95. The second kappa shape index (κ2) is 9.83. The summed E-state index contributed by atoms with van der Waals surface area (Å²) in [4.78, 5) is 33.6. The molecule has 10 heteroatoms. The Kier molecular flexibility index (Phi) is 6.83. The van der Waals surface area contributed by atoms with Crippen LogP contribution >= 0.6 is 11.3 Å². The largest absolute Gasteiger partial charge is 0.497 e. The highest BCUT2D eigenvalue weighted by atomic mass is 32.1. The maximum atomic E-state index is 13.7. The van der Waals surface area contributed by atoms with Crippen molar-refractivity contribution in [2.45, 2.75) is 19.9 Å². The van der Waals surface area contributed by atoms with E-state index in [1.54, 1.807) is 51.3 Å². The molecule has 4 rings (SSSR count). The van der Waals surface area contributed by atoms with Crippen molar-refractivity contribution in [2.24, 2.45) is 4.99 Å². The molecule has 0 radical (unpaired) electrons. The van der Waals surface area contributed by atoms with Crippen molar-refractivity contribution in [3.8, 4) is 11.5 Å². The molecule has 3 aromatic rings. The molecule has 0 fully saturated rings. The van der Waals surface area contributed by atoms with E-state index in [4.69, 9.17) is 18.6 Å². The lowest BCUT2D eigenvalue weighted by Gasteiger charge is -2.26. The number of hydrogen-bond donors (Lipinski definition) is 0. The summed E-state index contributed by atoms with van der Waals surface area (Å²) < 4.78 is 24.0. The maximum Gasteiger partial charge on any atom is 0.338 e.